The van der Waals surface area contributed by atoms with E-state index in [1.54, 1.807) is 6.07 Å². The van der Waals surface area contributed by atoms with E-state index in [4.69, 9.17) is 9.94 Å². The van der Waals surface area contributed by atoms with E-state index < -0.39 is 15.9 Å². The molecule has 0 fully saturated rings. The molecule has 0 unspecified atom stereocenters. The van der Waals surface area contributed by atoms with Gasteiger partial charge in [-0.1, -0.05) is 12.1 Å². The zero-order chi connectivity index (χ0) is 18.4. The molecule has 0 atom stereocenters. The highest BCUT2D eigenvalue weighted by Crippen LogP contribution is 2.29. The highest BCUT2D eigenvalue weighted by atomic mass is 32.2. The zero-order valence-corrected chi connectivity index (χ0v) is 13.9. The van der Waals surface area contributed by atoms with E-state index in [1.165, 1.54) is 55.1 Å². The monoisotopic (exact) mass is 364 g/mol. The predicted octanol–water partition coefficient (Wildman–Crippen LogP) is 1.72. The normalized spacial score (nSPS) is 11.3. The Hall–Kier alpha value is -3.04. The van der Waals surface area contributed by atoms with Crippen molar-refractivity contribution < 1.29 is 28.3 Å². The number of hydroxylamine groups is 1. The molecule has 0 aliphatic rings. The summed E-state index contributed by atoms with van der Waals surface area (Å²) in [5.74, 6) is -0.716. The SMILES string of the molecule is COc1ccc(NS(=O)(=O)c2cccc(/C=C/C(=O)NO)c2)cc1O. The molecule has 1 amide bonds. The number of anilines is 1. The number of amides is 1. The van der Waals surface area contributed by atoms with E-state index in [1.807, 2.05) is 0 Å². The second kappa shape index (κ2) is 7.69. The van der Waals surface area contributed by atoms with Gasteiger partial charge in [-0.15, -0.1) is 0 Å². The number of hydrogen-bond donors (Lipinski definition) is 4. The molecule has 0 aromatic heterocycles. The van der Waals surface area contributed by atoms with Crippen molar-refractivity contribution >= 4 is 27.7 Å². The molecular formula is C16H16N2O6S. The maximum absolute atomic E-state index is 12.4. The van der Waals surface area contributed by atoms with Gasteiger partial charge in [-0.25, -0.2) is 13.9 Å². The first-order chi connectivity index (χ1) is 11.9. The van der Waals surface area contributed by atoms with Gasteiger partial charge in [0.05, 0.1) is 17.7 Å². The molecule has 4 N–H and O–H groups in total. The summed E-state index contributed by atoms with van der Waals surface area (Å²) in [6, 6.07) is 9.95. The third-order valence-electron chi connectivity index (χ3n) is 3.14. The largest absolute Gasteiger partial charge is 0.504 e. The smallest absolute Gasteiger partial charge is 0.267 e. The fourth-order valence-electron chi connectivity index (χ4n) is 1.96. The number of rotatable bonds is 6. The molecular weight excluding hydrogens is 348 g/mol. The van der Waals surface area contributed by atoms with Crippen LogP contribution in [0.4, 0.5) is 5.69 Å². The quantitative estimate of drug-likeness (QED) is 0.351. The van der Waals surface area contributed by atoms with Crippen molar-refractivity contribution in [1.82, 2.24) is 5.48 Å². The predicted molar refractivity (Wildman–Crippen MR) is 90.9 cm³/mol. The highest BCUT2D eigenvalue weighted by Gasteiger charge is 2.15. The number of benzene rings is 2. The topological polar surface area (TPSA) is 125 Å². The van der Waals surface area contributed by atoms with E-state index in [0.717, 1.165) is 6.08 Å². The van der Waals surface area contributed by atoms with Crippen molar-refractivity contribution in [3.8, 4) is 11.5 Å². The molecule has 0 heterocycles. The Labute approximate surface area is 144 Å². The third-order valence-corrected chi connectivity index (χ3v) is 4.52. The number of carbonyl (C=O) groups is 1. The summed E-state index contributed by atoms with van der Waals surface area (Å²) in [5.41, 5.74) is 2.05. The van der Waals surface area contributed by atoms with Crippen LogP contribution >= 0.6 is 0 Å². The van der Waals surface area contributed by atoms with Gasteiger partial charge in [-0.05, 0) is 35.9 Å². The van der Waals surface area contributed by atoms with Gasteiger partial charge < -0.3 is 9.84 Å². The molecule has 0 saturated carbocycles. The number of carbonyl (C=O) groups excluding carboxylic acids is 1. The van der Waals surface area contributed by atoms with Gasteiger partial charge in [-0.2, -0.15) is 0 Å². The van der Waals surface area contributed by atoms with Gasteiger partial charge in [0.1, 0.15) is 0 Å². The summed E-state index contributed by atoms with van der Waals surface area (Å²) in [4.78, 5) is 10.9. The fourth-order valence-corrected chi connectivity index (χ4v) is 3.07. The van der Waals surface area contributed by atoms with Gasteiger partial charge >= 0.3 is 0 Å². The Bertz CT molecular complexity index is 909. The highest BCUT2D eigenvalue weighted by molar-refractivity contribution is 7.92. The van der Waals surface area contributed by atoms with Crippen molar-refractivity contribution in [2.24, 2.45) is 0 Å². The van der Waals surface area contributed by atoms with Crippen LogP contribution in [0.3, 0.4) is 0 Å². The molecule has 25 heavy (non-hydrogen) atoms. The molecule has 0 radical (unpaired) electrons. The van der Waals surface area contributed by atoms with Gasteiger partial charge in [-0.3, -0.25) is 14.7 Å². The second-order valence-corrected chi connectivity index (χ2v) is 6.56. The van der Waals surface area contributed by atoms with Crippen LogP contribution in [0.2, 0.25) is 0 Å². The van der Waals surface area contributed by atoms with Crippen molar-refractivity contribution in [3.05, 3.63) is 54.1 Å². The third kappa shape index (κ3) is 4.72. The van der Waals surface area contributed by atoms with E-state index in [0.29, 0.717) is 5.56 Å². The maximum atomic E-state index is 12.4. The van der Waals surface area contributed by atoms with E-state index in [9.17, 15) is 18.3 Å². The minimum atomic E-state index is -3.90. The molecule has 2 aromatic carbocycles. The van der Waals surface area contributed by atoms with E-state index in [2.05, 4.69) is 4.72 Å². The number of methoxy groups -OCH3 is 1. The molecule has 0 aliphatic carbocycles. The number of ether oxygens (including phenoxy) is 1. The number of hydrogen-bond acceptors (Lipinski definition) is 6. The maximum Gasteiger partial charge on any atom is 0.267 e. The summed E-state index contributed by atoms with van der Waals surface area (Å²) in [7, 11) is -2.52. The van der Waals surface area contributed by atoms with Crippen LogP contribution in [-0.2, 0) is 14.8 Å². The van der Waals surface area contributed by atoms with E-state index in [-0.39, 0.29) is 22.1 Å². The molecule has 8 nitrogen and oxygen atoms in total. The molecule has 0 spiro atoms. The Morgan fingerprint density at radius 3 is 2.60 bits per heavy atom. The minimum Gasteiger partial charge on any atom is -0.504 e. The lowest BCUT2D eigenvalue weighted by Gasteiger charge is -2.10. The second-order valence-electron chi connectivity index (χ2n) is 4.87. The molecule has 9 heteroatoms. The van der Waals surface area contributed by atoms with Crippen LogP contribution in [0.1, 0.15) is 5.56 Å². The first-order valence-corrected chi connectivity index (χ1v) is 8.46. The van der Waals surface area contributed by atoms with Crippen LogP contribution in [-0.4, -0.2) is 31.7 Å². The lowest BCUT2D eigenvalue weighted by atomic mass is 10.2. The number of sulfonamides is 1. The number of aromatic hydroxyl groups is 1. The Morgan fingerprint density at radius 2 is 1.96 bits per heavy atom. The van der Waals surface area contributed by atoms with E-state index >= 15 is 0 Å². The average molecular weight is 364 g/mol. The van der Waals surface area contributed by atoms with Crippen molar-refractivity contribution in [3.63, 3.8) is 0 Å². The molecule has 2 rings (SSSR count). The number of phenols is 1. The summed E-state index contributed by atoms with van der Waals surface area (Å²) < 4.78 is 32.1. The van der Waals surface area contributed by atoms with Crippen LogP contribution in [0, 0.1) is 0 Å². The van der Waals surface area contributed by atoms with Gasteiger partial charge in [0.15, 0.2) is 11.5 Å². The molecule has 0 aliphatic heterocycles. The fraction of sp³-hybridized carbons (Fsp3) is 0.0625. The number of nitrogens with one attached hydrogen (secondary N) is 2. The Balaban J connectivity index is 2.26. The first kappa shape index (κ1) is 18.3. The lowest BCUT2D eigenvalue weighted by Crippen LogP contribution is -2.15. The average Bonchev–Trinajstić information content (AvgIpc) is 2.59. The van der Waals surface area contributed by atoms with Crippen LogP contribution in [0.5, 0.6) is 11.5 Å². The summed E-state index contributed by atoms with van der Waals surface area (Å²) >= 11 is 0. The number of phenolic OH excluding ortho intramolecular Hbond substituents is 1. The van der Waals surface area contributed by atoms with Crippen molar-refractivity contribution in [2.45, 2.75) is 4.90 Å². The van der Waals surface area contributed by atoms with Crippen LogP contribution in [0.15, 0.2) is 53.4 Å². The van der Waals surface area contributed by atoms with Gasteiger partial charge in [0.25, 0.3) is 15.9 Å². The summed E-state index contributed by atoms with van der Waals surface area (Å²) in [6.45, 7) is 0. The minimum absolute atomic E-state index is 0.0330. The lowest BCUT2D eigenvalue weighted by molar-refractivity contribution is -0.124. The molecule has 132 valence electrons. The summed E-state index contributed by atoms with van der Waals surface area (Å²) in [5, 5.41) is 18.2. The standard InChI is InChI=1S/C16H16N2O6S/c1-24-15-7-6-12(10-14(15)19)18-25(22,23)13-4-2-3-11(9-13)5-8-16(20)17-21/h2-10,18-19,21H,1H3,(H,17,20)/b8-5+. The van der Waals surface area contributed by atoms with Crippen LogP contribution < -0.4 is 14.9 Å². The zero-order valence-electron chi connectivity index (χ0n) is 13.1. The van der Waals surface area contributed by atoms with Gasteiger partial charge in [0.2, 0.25) is 0 Å². The molecule has 0 bridgehead atoms. The van der Waals surface area contributed by atoms with Crippen molar-refractivity contribution in [1.29, 1.82) is 0 Å². The van der Waals surface area contributed by atoms with Crippen molar-refractivity contribution in [2.75, 3.05) is 11.8 Å². The van der Waals surface area contributed by atoms with Crippen LogP contribution in [0.25, 0.3) is 6.08 Å². The molecule has 2 aromatic rings. The Kier molecular flexibility index (Phi) is 5.63. The molecule has 0 saturated heterocycles. The summed E-state index contributed by atoms with van der Waals surface area (Å²) in [6.07, 6.45) is 2.41. The van der Waals surface area contributed by atoms with Gasteiger partial charge in [0, 0.05) is 12.1 Å². The first-order valence-electron chi connectivity index (χ1n) is 6.98. The Morgan fingerprint density at radius 1 is 1.20 bits per heavy atom.